The lowest BCUT2D eigenvalue weighted by atomic mass is 9.80. The van der Waals surface area contributed by atoms with Crippen LogP contribution in [0.3, 0.4) is 0 Å². The first kappa shape index (κ1) is 32.6. The quantitative estimate of drug-likeness (QED) is 0.252. The maximum atomic E-state index is 15.9. The van der Waals surface area contributed by atoms with Gasteiger partial charge in [-0.3, -0.25) is 4.79 Å². The summed E-state index contributed by atoms with van der Waals surface area (Å²) in [5.74, 6) is -5.22. The van der Waals surface area contributed by atoms with Gasteiger partial charge >= 0.3 is 0 Å². The summed E-state index contributed by atoms with van der Waals surface area (Å²) in [6, 6.07) is 9.43. The van der Waals surface area contributed by atoms with Crippen molar-refractivity contribution < 1.29 is 31.8 Å². The number of halogens is 4. The Balaban J connectivity index is 1.51. The van der Waals surface area contributed by atoms with Gasteiger partial charge in [0.25, 0.3) is 0 Å². The zero-order valence-corrected chi connectivity index (χ0v) is 24.8. The monoisotopic (exact) mass is 592 g/mol. The number of likely N-dealkylation sites (tertiary alicyclic amines) is 2. The normalized spacial score (nSPS) is 19.2. The molecular formula is C33H44F4N2O3. The second kappa shape index (κ2) is 15.9. The van der Waals surface area contributed by atoms with E-state index in [0.717, 1.165) is 65.0 Å². The van der Waals surface area contributed by atoms with Crippen LogP contribution in [0, 0.1) is 11.6 Å². The summed E-state index contributed by atoms with van der Waals surface area (Å²) >= 11 is 0. The number of nitrogens with zero attached hydrogens (tertiary/aromatic N) is 2. The Labute approximate surface area is 247 Å². The van der Waals surface area contributed by atoms with Gasteiger partial charge in [0.05, 0.1) is 25.0 Å². The van der Waals surface area contributed by atoms with Gasteiger partial charge in [-0.25, -0.2) is 17.6 Å². The number of carbonyl (C=O) groups excluding carboxylic acids is 1. The van der Waals surface area contributed by atoms with Crippen molar-refractivity contribution in [2.75, 3.05) is 80.1 Å². The van der Waals surface area contributed by atoms with E-state index < -0.39 is 42.6 Å². The first-order chi connectivity index (χ1) is 20.4. The third-order valence-electron chi connectivity index (χ3n) is 9.14. The van der Waals surface area contributed by atoms with Gasteiger partial charge in [-0.1, -0.05) is 36.4 Å². The topological polar surface area (TPSA) is 42.0 Å². The molecule has 2 heterocycles. The van der Waals surface area contributed by atoms with Crippen LogP contribution in [0.1, 0.15) is 71.6 Å². The molecule has 5 nitrogen and oxygen atoms in total. The predicted molar refractivity (Wildman–Crippen MR) is 156 cm³/mol. The highest BCUT2D eigenvalue weighted by molar-refractivity contribution is 5.92. The summed E-state index contributed by atoms with van der Waals surface area (Å²) in [5.41, 5.74) is 0.736. The number of rotatable bonds is 14. The molecule has 232 valence electrons. The number of carbonyl (C=O) groups is 1. The highest BCUT2D eigenvalue weighted by Crippen LogP contribution is 2.38. The molecule has 2 aromatic rings. The molecule has 0 amide bonds. The molecule has 2 aliphatic heterocycles. The van der Waals surface area contributed by atoms with Gasteiger partial charge in [0, 0.05) is 38.4 Å². The van der Waals surface area contributed by atoms with Crippen molar-refractivity contribution in [2.24, 2.45) is 0 Å². The average molecular weight is 593 g/mol. The van der Waals surface area contributed by atoms with E-state index in [0.29, 0.717) is 24.3 Å². The summed E-state index contributed by atoms with van der Waals surface area (Å²) < 4.78 is 71.0. The SMILES string of the molecule is COCCN1CCC(c2cccc(C(CF)C(=O)C(CF)c3cccc(C4CCN(CCOC)CC4)c3F)c2F)CC1. The van der Waals surface area contributed by atoms with Crippen LogP contribution in [-0.2, 0) is 14.3 Å². The van der Waals surface area contributed by atoms with Crippen molar-refractivity contribution in [2.45, 2.75) is 49.4 Å². The molecule has 0 bridgehead atoms. The van der Waals surface area contributed by atoms with E-state index in [2.05, 4.69) is 9.80 Å². The van der Waals surface area contributed by atoms with Crippen molar-refractivity contribution in [3.8, 4) is 0 Å². The van der Waals surface area contributed by atoms with Crippen molar-refractivity contribution in [3.63, 3.8) is 0 Å². The number of hydrogen-bond donors (Lipinski definition) is 0. The average Bonchev–Trinajstić information content (AvgIpc) is 3.02. The zero-order valence-electron chi connectivity index (χ0n) is 24.8. The first-order valence-corrected chi connectivity index (χ1v) is 15.1. The number of ketones is 1. The van der Waals surface area contributed by atoms with Crippen molar-refractivity contribution in [1.82, 2.24) is 9.80 Å². The molecule has 0 saturated carbocycles. The number of hydrogen-bond acceptors (Lipinski definition) is 5. The minimum absolute atomic E-state index is 0.0638. The Kier molecular flexibility index (Phi) is 12.4. The number of ether oxygens (including phenoxy) is 2. The smallest absolute Gasteiger partial charge is 0.153 e. The maximum absolute atomic E-state index is 15.9. The molecule has 0 aromatic heterocycles. The van der Waals surface area contributed by atoms with Crippen LogP contribution in [0.2, 0.25) is 0 Å². The molecule has 2 unspecified atom stereocenters. The van der Waals surface area contributed by atoms with E-state index >= 15 is 8.78 Å². The van der Waals surface area contributed by atoms with Crippen LogP contribution in [0.5, 0.6) is 0 Å². The Bertz CT molecular complexity index is 1060. The van der Waals surface area contributed by atoms with Gasteiger partial charge in [0.15, 0.2) is 5.78 Å². The molecule has 4 rings (SSSR count). The lowest BCUT2D eigenvalue weighted by Gasteiger charge is -2.33. The zero-order chi connectivity index (χ0) is 30.1. The fourth-order valence-electron chi connectivity index (χ4n) is 6.55. The van der Waals surface area contributed by atoms with Crippen LogP contribution in [0.25, 0.3) is 0 Å². The van der Waals surface area contributed by atoms with Gasteiger partial charge in [0.2, 0.25) is 0 Å². The van der Waals surface area contributed by atoms with Crippen LogP contribution in [0.15, 0.2) is 36.4 Å². The molecule has 0 N–H and O–H groups in total. The van der Waals surface area contributed by atoms with E-state index in [1.54, 1.807) is 38.5 Å². The fraction of sp³-hybridized carbons (Fsp3) is 0.606. The number of alkyl halides is 2. The Morgan fingerprint density at radius 2 is 1.12 bits per heavy atom. The van der Waals surface area contributed by atoms with E-state index in [1.165, 1.54) is 12.1 Å². The number of Topliss-reactive ketones (excluding diaryl/α,β-unsaturated/α-hetero) is 1. The minimum atomic E-state index is -1.51. The van der Waals surface area contributed by atoms with Crippen molar-refractivity contribution >= 4 is 5.78 Å². The maximum Gasteiger partial charge on any atom is 0.153 e. The highest BCUT2D eigenvalue weighted by Gasteiger charge is 2.35. The third-order valence-corrected chi connectivity index (χ3v) is 9.14. The second-order valence-corrected chi connectivity index (χ2v) is 11.5. The van der Waals surface area contributed by atoms with Crippen LogP contribution in [-0.4, -0.2) is 95.6 Å². The minimum Gasteiger partial charge on any atom is -0.383 e. The molecule has 0 spiro atoms. The first-order valence-electron chi connectivity index (χ1n) is 15.1. The standard InChI is InChI=1S/C33H44F4N2O3/c1-41-19-17-38-13-9-23(10-14-38)25-5-3-7-27(31(25)36)29(21-34)33(40)30(22-35)28-8-4-6-26(32(28)37)24-11-15-39(16-12-24)18-20-42-2/h3-8,23-24,29-30H,9-22H2,1-2H3. The summed E-state index contributed by atoms with van der Waals surface area (Å²) in [6.45, 7) is 3.64. The van der Waals surface area contributed by atoms with Crippen LogP contribution in [0.4, 0.5) is 17.6 Å². The Morgan fingerprint density at radius 1 is 0.738 bits per heavy atom. The Morgan fingerprint density at radius 3 is 1.45 bits per heavy atom. The second-order valence-electron chi connectivity index (χ2n) is 11.5. The summed E-state index contributed by atoms with van der Waals surface area (Å²) in [4.78, 5) is 18.1. The fourth-order valence-corrected chi connectivity index (χ4v) is 6.55. The van der Waals surface area contributed by atoms with Gasteiger partial charge in [-0.05, 0) is 74.8 Å². The molecule has 2 aromatic carbocycles. The highest BCUT2D eigenvalue weighted by atomic mass is 19.1. The van der Waals surface area contributed by atoms with Gasteiger partial charge in [0.1, 0.15) is 25.0 Å². The van der Waals surface area contributed by atoms with Gasteiger partial charge < -0.3 is 19.3 Å². The number of piperidine rings is 2. The summed E-state index contributed by atoms with van der Waals surface area (Å²) in [7, 11) is 3.31. The summed E-state index contributed by atoms with van der Waals surface area (Å²) in [6.07, 6.45) is 2.92. The molecular weight excluding hydrogens is 548 g/mol. The lowest BCUT2D eigenvalue weighted by molar-refractivity contribution is -0.122. The van der Waals surface area contributed by atoms with E-state index in [1.807, 2.05) is 0 Å². The molecule has 0 radical (unpaired) electrons. The van der Waals surface area contributed by atoms with E-state index in [4.69, 9.17) is 9.47 Å². The number of benzene rings is 2. The molecule has 2 atom stereocenters. The van der Waals surface area contributed by atoms with E-state index in [9.17, 15) is 13.6 Å². The van der Waals surface area contributed by atoms with Crippen LogP contribution < -0.4 is 0 Å². The predicted octanol–water partition coefficient (Wildman–Crippen LogP) is 5.99. The molecule has 2 saturated heterocycles. The molecule has 2 aliphatic rings. The lowest BCUT2D eigenvalue weighted by Crippen LogP contribution is -2.35. The van der Waals surface area contributed by atoms with E-state index in [-0.39, 0.29) is 23.0 Å². The van der Waals surface area contributed by atoms with Crippen molar-refractivity contribution in [3.05, 3.63) is 70.3 Å². The van der Waals surface area contributed by atoms with Crippen molar-refractivity contribution in [1.29, 1.82) is 0 Å². The largest absolute Gasteiger partial charge is 0.383 e. The molecule has 9 heteroatoms. The summed E-state index contributed by atoms with van der Waals surface area (Å²) in [5, 5.41) is 0. The molecule has 2 fully saturated rings. The Hall–Kier alpha value is -2.33. The van der Waals surface area contributed by atoms with Crippen LogP contribution >= 0.6 is 0 Å². The van der Waals surface area contributed by atoms with Gasteiger partial charge in [-0.15, -0.1) is 0 Å². The third kappa shape index (κ3) is 7.59. The molecule has 42 heavy (non-hydrogen) atoms. The molecule has 0 aliphatic carbocycles. The number of methoxy groups -OCH3 is 2. The van der Waals surface area contributed by atoms with Gasteiger partial charge in [-0.2, -0.15) is 0 Å².